The van der Waals surface area contributed by atoms with Crippen LogP contribution in [0.3, 0.4) is 0 Å². The zero-order valence-corrected chi connectivity index (χ0v) is 65.4. The lowest BCUT2D eigenvalue weighted by atomic mass is 10.0. The Morgan fingerprint density at radius 2 is 0.551 bits per heavy atom. The topological polar surface area (TPSA) is 108 Å². The number of allylic oxidation sites excluding steroid dienone is 22. The van der Waals surface area contributed by atoms with Crippen LogP contribution in [0.5, 0.6) is 0 Å². The standard InChI is InChI=1S/C88H154NO8P/c1-6-8-10-12-14-16-18-20-22-24-26-28-30-32-34-36-38-40-42-43-44-45-47-48-50-52-54-56-58-60-62-64-66-68-70-72-74-76-78-80-87(90)94-84-86(85-96-98(92,93)95-83-82-89(3,4)5)97-88(91)81-79-77-75-73-71-69-67-65-63-61-59-57-55-53-51-49-46-41-39-37-35-33-31-29-27-25-23-21-19-17-15-13-11-9-7-2/h8-11,14-17,20-23,26-29,32-35,39,41,86H,6-7,12-13,18-19,24-25,30-31,36-38,40,42-85H2,1-5H3/p+1/b10-8-,11-9-,16-14-,17-15-,22-20-,23-21-,28-26-,29-27-,34-32-,35-33-,41-39-. The molecule has 0 rings (SSSR count). The molecular weight excluding hydrogens is 1230 g/mol. The van der Waals surface area contributed by atoms with Crippen molar-refractivity contribution in [3.05, 3.63) is 134 Å². The van der Waals surface area contributed by atoms with Crippen LogP contribution in [0.4, 0.5) is 0 Å². The van der Waals surface area contributed by atoms with E-state index in [9.17, 15) is 19.0 Å². The van der Waals surface area contributed by atoms with E-state index >= 15 is 0 Å². The summed E-state index contributed by atoms with van der Waals surface area (Å²) in [4.78, 5) is 36.0. The van der Waals surface area contributed by atoms with Gasteiger partial charge in [-0.15, -0.1) is 0 Å². The van der Waals surface area contributed by atoms with Gasteiger partial charge in [-0.1, -0.05) is 372 Å². The highest BCUT2D eigenvalue weighted by Crippen LogP contribution is 2.43. The molecule has 0 radical (unpaired) electrons. The lowest BCUT2D eigenvalue weighted by Crippen LogP contribution is -2.37. The first-order valence-corrected chi connectivity index (χ1v) is 42.4. The second-order valence-electron chi connectivity index (χ2n) is 28.4. The predicted octanol–water partition coefficient (Wildman–Crippen LogP) is 27.5. The predicted molar refractivity (Wildman–Crippen MR) is 427 cm³/mol. The summed E-state index contributed by atoms with van der Waals surface area (Å²) in [5.74, 6) is -0.785. The first kappa shape index (κ1) is 94.2. The Bertz CT molecular complexity index is 2120. The fourth-order valence-corrected chi connectivity index (χ4v) is 12.3. The van der Waals surface area contributed by atoms with Crippen molar-refractivity contribution >= 4 is 19.8 Å². The molecule has 10 heteroatoms. The van der Waals surface area contributed by atoms with Crippen LogP contribution in [0.25, 0.3) is 0 Å². The molecule has 0 bridgehead atoms. The molecule has 0 aromatic heterocycles. The van der Waals surface area contributed by atoms with Crippen molar-refractivity contribution in [1.82, 2.24) is 0 Å². The van der Waals surface area contributed by atoms with Crippen LogP contribution in [-0.4, -0.2) is 74.9 Å². The Labute approximate surface area is 606 Å². The number of unbranched alkanes of at least 4 members (excludes halogenated alkanes) is 39. The van der Waals surface area contributed by atoms with Gasteiger partial charge >= 0.3 is 19.8 Å². The van der Waals surface area contributed by atoms with Gasteiger partial charge in [-0.3, -0.25) is 18.6 Å². The number of phosphoric acid groups is 1. The van der Waals surface area contributed by atoms with E-state index in [0.29, 0.717) is 17.4 Å². The summed E-state index contributed by atoms with van der Waals surface area (Å²) < 4.78 is 34.9. The molecule has 564 valence electrons. The Balaban J connectivity index is 3.94. The second kappa shape index (κ2) is 77.3. The third-order valence-corrected chi connectivity index (χ3v) is 18.7. The van der Waals surface area contributed by atoms with Crippen molar-refractivity contribution in [3.63, 3.8) is 0 Å². The molecule has 0 aliphatic rings. The Hall–Kier alpha value is -3.85. The van der Waals surface area contributed by atoms with Crippen molar-refractivity contribution in [1.29, 1.82) is 0 Å². The van der Waals surface area contributed by atoms with Crippen LogP contribution in [0.2, 0.25) is 0 Å². The zero-order valence-electron chi connectivity index (χ0n) is 64.5. The largest absolute Gasteiger partial charge is 0.472 e. The molecule has 9 nitrogen and oxygen atoms in total. The minimum Gasteiger partial charge on any atom is -0.462 e. The molecule has 0 saturated heterocycles. The summed E-state index contributed by atoms with van der Waals surface area (Å²) in [6.07, 6.45) is 113. The van der Waals surface area contributed by atoms with Gasteiger partial charge in [-0.25, -0.2) is 4.57 Å². The number of quaternary nitrogens is 1. The summed E-state index contributed by atoms with van der Waals surface area (Å²) in [5.41, 5.74) is 0. The van der Waals surface area contributed by atoms with Crippen molar-refractivity contribution in [2.45, 2.75) is 367 Å². The van der Waals surface area contributed by atoms with Gasteiger partial charge in [0.1, 0.15) is 19.8 Å². The number of carbonyl (C=O) groups excluding carboxylic acids is 2. The molecule has 0 aliphatic carbocycles. The minimum atomic E-state index is -4.40. The Kier molecular flexibility index (Phi) is 74.3. The lowest BCUT2D eigenvalue weighted by molar-refractivity contribution is -0.870. The van der Waals surface area contributed by atoms with E-state index in [-0.39, 0.29) is 32.0 Å². The molecule has 0 fully saturated rings. The molecule has 0 amide bonds. The third kappa shape index (κ3) is 81.1. The maximum Gasteiger partial charge on any atom is 0.472 e. The Morgan fingerprint density at radius 3 is 0.816 bits per heavy atom. The van der Waals surface area contributed by atoms with E-state index in [1.54, 1.807) is 0 Å². The summed E-state index contributed by atoms with van der Waals surface area (Å²) in [7, 11) is 1.48. The van der Waals surface area contributed by atoms with Gasteiger partial charge in [-0.05, 0) is 109 Å². The van der Waals surface area contributed by atoms with E-state index in [1.165, 1.54) is 225 Å². The van der Waals surface area contributed by atoms with E-state index in [2.05, 4.69) is 148 Å². The first-order valence-electron chi connectivity index (χ1n) is 40.9. The van der Waals surface area contributed by atoms with E-state index in [0.717, 1.165) is 103 Å². The fraction of sp³-hybridized carbons (Fsp3) is 0.727. The number of rotatable bonds is 75. The average Bonchev–Trinajstić information content (AvgIpc) is 1.08. The van der Waals surface area contributed by atoms with Crippen LogP contribution in [0.15, 0.2) is 134 Å². The van der Waals surface area contributed by atoms with Gasteiger partial charge in [-0.2, -0.15) is 0 Å². The smallest absolute Gasteiger partial charge is 0.462 e. The number of hydrogen-bond donors (Lipinski definition) is 1. The van der Waals surface area contributed by atoms with Gasteiger partial charge in [0, 0.05) is 12.8 Å². The SMILES string of the molecule is CC/C=C\C/C=C\C/C=C\C/C=C\C/C=C\C/C=C\CCCCCCCCCCCCCCCCCCC(=O)OC(COC(=O)CCCCCCCCCCCCCCCCCCCCCCCCC/C=C\C/C=C\C/C=C\C/C=C\C/C=C\CC)COP(=O)(O)OCC[N+](C)(C)C. The molecule has 2 unspecified atom stereocenters. The second-order valence-corrected chi connectivity index (χ2v) is 29.8. The molecule has 98 heavy (non-hydrogen) atoms. The fourth-order valence-electron chi connectivity index (χ4n) is 11.5. The number of ether oxygens (including phenoxy) is 2. The van der Waals surface area contributed by atoms with Gasteiger partial charge in [0.05, 0.1) is 27.7 Å². The van der Waals surface area contributed by atoms with Crippen molar-refractivity contribution < 1.29 is 42.1 Å². The third-order valence-electron chi connectivity index (χ3n) is 17.7. The van der Waals surface area contributed by atoms with E-state index in [4.69, 9.17) is 18.5 Å². The molecule has 0 heterocycles. The molecule has 0 saturated carbocycles. The van der Waals surface area contributed by atoms with Crippen LogP contribution in [0, 0.1) is 0 Å². The Morgan fingerprint density at radius 1 is 0.316 bits per heavy atom. The number of carbonyl (C=O) groups is 2. The van der Waals surface area contributed by atoms with Crippen molar-refractivity contribution in [3.8, 4) is 0 Å². The molecule has 2 atom stereocenters. The number of hydrogen-bond acceptors (Lipinski definition) is 7. The van der Waals surface area contributed by atoms with Gasteiger partial charge in [0.2, 0.25) is 0 Å². The number of likely N-dealkylation sites (N-methyl/N-ethyl adjacent to an activating group) is 1. The van der Waals surface area contributed by atoms with Gasteiger partial charge in [0.15, 0.2) is 6.10 Å². The summed E-state index contributed by atoms with van der Waals surface area (Å²) in [5, 5.41) is 0. The number of nitrogens with zero attached hydrogens (tertiary/aromatic N) is 1. The molecular formula is C88H155NO8P+. The summed E-state index contributed by atoms with van der Waals surface area (Å²) in [6, 6.07) is 0. The van der Waals surface area contributed by atoms with Crippen LogP contribution in [-0.2, 0) is 32.7 Å². The molecule has 0 aromatic carbocycles. The highest BCUT2D eigenvalue weighted by Gasteiger charge is 2.27. The van der Waals surface area contributed by atoms with E-state index < -0.39 is 26.5 Å². The molecule has 0 aliphatic heterocycles. The summed E-state index contributed by atoms with van der Waals surface area (Å²) >= 11 is 0. The minimum absolute atomic E-state index is 0.0297. The van der Waals surface area contributed by atoms with Gasteiger partial charge in [0.25, 0.3) is 0 Å². The number of esters is 2. The quantitative estimate of drug-likeness (QED) is 0.0211. The summed E-state index contributed by atoms with van der Waals surface area (Å²) in [6.45, 7) is 4.25. The van der Waals surface area contributed by atoms with Crippen LogP contribution in [0.1, 0.15) is 361 Å². The van der Waals surface area contributed by atoms with Gasteiger partial charge < -0.3 is 18.9 Å². The average molecular weight is 1390 g/mol. The molecule has 0 aromatic rings. The van der Waals surface area contributed by atoms with Crippen LogP contribution >= 0.6 is 7.82 Å². The molecule has 0 spiro atoms. The number of phosphoric ester groups is 1. The molecule has 1 N–H and O–H groups in total. The maximum absolute atomic E-state index is 12.9. The maximum atomic E-state index is 12.9. The zero-order chi connectivity index (χ0) is 71.1. The van der Waals surface area contributed by atoms with Crippen LogP contribution < -0.4 is 0 Å². The lowest BCUT2D eigenvalue weighted by Gasteiger charge is -2.24. The van der Waals surface area contributed by atoms with Crippen molar-refractivity contribution in [2.75, 3.05) is 47.5 Å². The van der Waals surface area contributed by atoms with Crippen molar-refractivity contribution in [2.24, 2.45) is 0 Å². The highest BCUT2D eigenvalue weighted by molar-refractivity contribution is 7.47. The van der Waals surface area contributed by atoms with E-state index in [1.807, 2.05) is 21.1 Å². The normalized spacial score (nSPS) is 13.7. The first-order chi connectivity index (χ1) is 48.0. The highest BCUT2D eigenvalue weighted by atomic mass is 31.2. The monoisotopic (exact) mass is 1390 g/mol.